The fraction of sp³-hybridized carbons (Fsp3) is 0.625. The van der Waals surface area contributed by atoms with Crippen LogP contribution in [0.5, 0.6) is 5.75 Å². The summed E-state index contributed by atoms with van der Waals surface area (Å²) in [6.07, 6.45) is 6.18. The van der Waals surface area contributed by atoms with Crippen LogP contribution in [-0.4, -0.2) is 5.11 Å². The SMILES string of the molecule is CCCCCC(c1ccccc1O)C(C)CC. The lowest BCUT2D eigenvalue weighted by Crippen LogP contribution is -2.09. The molecule has 0 aliphatic rings. The van der Waals surface area contributed by atoms with E-state index in [1.165, 1.54) is 32.1 Å². The van der Waals surface area contributed by atoms with Crippen LogP contribution < -0.4 is 0 Å². The molecule has 0 aliphatic carbocycles. The molecule has 0 fully saturated rings. The minimum absolute atomic E-state index is 0.467. The Bertz CT molecular complexity index is 319. The standard InChI is InChI=1S/C16H26O/c1-4-6-7-10-14(13(3)5-2)15-11-8-9-12-16(15)17/h8-9,11-14,17H,4-7,10H2,1-3H3. The van der Waals surface area contributed by atoms with Gasteiger partial charge >= 0.3 is 0 Å². The topological polar surface area (TPSA) is 20.2 Å². The van der Waals surface area contributed by atoms with Crippen LogP contribution >= 0.6 is 0 Å². The second kappa shape index (κ2) is 7.37. The molecular formula is C16H26O. The van der Waals surface area contributed by atoms with Crippen molar-refractivity contribution in [2.24, 2.45) is 5.92 Å². The molecule has 96 valence electrons. The number of phenols is 1. The third kappa shape index (κ3) is 4.07. The van der Waals surface area contributed by atoms with E-state index in [4.69, 9.17) is 0 Å². The zero-order valence-corrected chi connectivity index (χ0v) is 11.4. The monoisotopic (exact) mass is 234 g/mol. The minimum atomic E-state index is 0.467. The van der Waals surface area contributed by atoms with E-state index in [2.05, 4.69) is 26.8 Å². The highest BCUT2D eigenvalue weighted by atomic mass is 16.3. The van der Waals surface area contributed by atoms with Gasteiger partial charge in [-0.15, -0.1) is 0 Å². The van der Waals surface area contributed by atoms with Crippen LogP contribution in [0.2, 0.25) is 0 Å². The summed E-state index contributed by atoms with van der Waals surface area (Å²) < 4.78 is 0. The molecule has 1 N–H and O–H groups in total. The van der Waals surface area contributed by atoms with Gasteiger partial charge in [-0.2, -0.15) is 0 Å². The summed E-state index contributed by atoms with van der Waals surface area (Å²) >= 11 is 0. The van der Waals surface area contributed by atoms with Crippen molar-refractivity contribution in [2.75, 3.05) is 0 Å². The fourth-order valence-corrected chi connectivity index (χ4v) is 2.45. The fourth-order valence-electron chi connectivity index (χ4n) is 2.45. The lowest BCUT2D eigenvalue weighted by molar-refractivity contribution is 0.387. The lowest BCUT2D eigenvalue weighted by atomic mass is 9.81. The molecule has 0 heterocycles. The first kappa shape index (κ1) is 14.1. The molecule has 0 saturated heterocycles. The summed E-state index contributed by atoms with van der Waals surface area (Å²) in [5.74, 6) is 1.61. The number of hydrogen-bond donors (Lipinski definition) is 1. The van der Waals surface area contributed by atoms with Gasteiger partial charge in [0.15, 0.2) is 0 Å². The molecule has 0 amide bonds. The van der Waals surface area contributed by atoms with Gasteiger partial charge in [-0.1, -0.05) is 64.7 Å². The van der Waals surface area contributed by atoms with E-state index in [1.54, 1.807) is 0 Å². The third-order valence-corrected chi connectivity index (χ3v) is 3.79. The molecule has 0 aromatic heterocycles. The molecule has 1 heteroatoms. The molecule has 1 rings (SSSR count). The van der Waals surface area contributed by atoms with E-state index in [-0.39, 0.29) is 0 Å². The van der Waals surface area contributed by atoms with Crippen LogP contribution in [-0.2, 0) is 0 Å². The van der Waals surface area contributed by atoms with Crippen LogP contribution in [0, 0.1) is 5.92 Å². The second-order valence-corrected chi connectivity index (χ2v) is 5.05. The molecule has 2 atom stereocenters. The molecule has 1 aromatic carbocycles. The number of rotatable bonds is 7. The predicted molar refractivity (Wildman–Crippen MR) is 74.4 cm³/mol. The van der Waals surface area contributed by atoms with Crippen LogP contribution in [0.15, 0.2) is 24.3 Å². The van der Waals surface area contributed by atoms with E-state index in [1.807, 2.05) is 18.2 Å². The molecule has 0 radical (unpaired) electrons. The van der Waals surface area contributed by atoms with E-state index >= 15 is 0 Å². The van der Waals surface area contributed by atoms with Gasteiger partial charge in [0.2, 0.25) is 0 Å². The number of unbranched alkanes of at least 4 members (excludes halogenated alkanes) is 2. The van der Waals surface area contributed by atoms with Crippen molar-refractivity contribution >= 4 is 0 Å². The molecule has 0 saturated carbocycles. The van der Waals surface area contributed by atoms with Gasteiger partial charge in [-0.05, 0) is 29.9 Å². The maximum Gasteiger partial charge on any atom is 0.119 e. The average molecular weight is 234 g/mol. The highest BCUT2D eigenvalue weighted by molar-refractivity contribution is 5.35. The first-order chi connectivity index (χ1) is 8.20. The van der Waals surface area contributed by atoms with Crippen molar-refractivity contribution in [2.45, 2.75) is 58.8 Å². The van der Waals surface area contributed by atoms with Crippen molar-refractivity contribution in [1.82, 2.24) is 0 Å². The van der Waals surface area contributed by atoms with Crippen molar-refractivity contribution < 1.29 is 5.11 Å². The molecule has 0 spiro atoms. The molecule has 0 bridgehead atoms. The number of phenolic OH excluding ortho intramolecular Hbond substituents is 1. The lowest BCUT2D eigenvalue weighted by Gasteiger charge is -2.24. The molecular weight excluding hydrogens is 208 g/mol. The first-order valence-electron chi connectivity index (χ1n) is 6.98. The predicted octanol–water partition coefficient (Wildman–Crippen LogP) is 5.10. The number of para-hydroxylation sites is 1. The van der Waals surface area contributed by atoms with Gasteiger partial charge < -0.3 is 5.11 Å². The van der Waals surface area contributed by atoms with Crippen molar-refractivity contribution in [1.29, 1.82) is 0 Å². The van der Waals surface area contributed by atoms with E-state index < -0.39 is 0 Å². The van der Waals surface area contributed by atoms with Gasteiger partial charge in [0.25, 0.3) is 0 Å². The summed E-state index contributed by atoms with van der Waals surface area (Å²) in [6, 6.07) is 7.82. The molecule has 0 aliphatic heterocycles. The van der Waals surface area contributed by atoms with Crippen molar-refractivity contribution in [3.8, 4) is 5.75 Å². The van der Waals surface area contributed by atoms with Crippen LogP contribution in [0.1, 0.15) is 64.4 Å². The van der Waals surface area contributed by atoms with E-state index in [9.17, 15) is 5.11 Å². The zero-order valence-electron chi connectivity index (χ0n) is 11.4. The van der Waals surface area contributed by atoms with Gasteiger partial charge in [0.05, 0.1) is 0 Å². The highest BCUT2D eigenvalue weighted by Gasteiger charge is 2.20. The van der Waals surface area contributed by atoms with Gasteiger partial charge in [-0.3, -0.25) is 0 Å². The summed E-state index contributed by atoms with van der Waals surface area (Å²) in [7, 11) is 0. The Morgan fingerprint density at radius 3 is 2.41 bits per heavy atom. The van der Waals surface area contributed by atoms with E-state index in [0.29, 0.717) is 17.6 Å². The quantitative estimate of drug-likeness (QED) is 0.650. The normalized spacial score (nSPS) is 14.5. The number of benzene rings is 1. The second-order valence-electron chi connectivity index (χ2n) is 5.05. The van der Waals surface area contributed by atoms with Crippen molar-refractivity contribution in [3.63, 3.8) is 0 Å². The minimum Gasteiger partial charge on any atom is -0.508 e. The summed E-state index contributed by atoms with van der Waals surface area (Å²) in [5.41, 5.74) is 1.14. The summed E-state index contributed by atoms with van der Waals surface area (Å²) in [4.78, 5) is 0. The Kier molecular flexibility index (Phi) is 6.10. The maximum absolute atomic E-state index is 9.98. The van der Waals surface area contributed by atoms with Gasteiger partial charge in [0, 0.05) is 0 Å². The van der Waals surface area contributed by atoms with Gasteiger partial charge in [-0.25, -0.2) is 0 Å². The molecule has 1 nitrogen and oxygen atoms in total. The highest BCUT2D eigenvalue weighted by Crippen LogP contribution is 2.36. The Balaban J connectivity index is 2.79. The number of aromatic hydroxyl groups is 1. The van der Waals surface area contributed by atoms with Crippen LogP contribution in [0.3, 0.4) is 0 Å². The number of hydrogen-bond acceptors (Lipinski definition) is 1. The summed E-state index contributed by atoms with van der Waals surface area (Å²) in [5, 5.41) is 9.98. The Labute approximate surface area is 106 Å². The third-order valence-electron chi connectivity index (χ3n) is 3.79. The zero-order chi connectivity index (χ0) is 12.7. The molecule has 2 unspecified atom stereocenters. The largest absolute Gasteiger partial charge is 0.508 e. The average Bonchev–Trinajstić information content (AvgIpc) is 2.35. The van der Waals surface area contributed by atoms with Crippen LogP contribution in [0.25, 0.3) is 0 Å². The summed E-state index contributed by atoms with van der Waals surface area (Å²) in [6.45, 7) is 6.76. The van der Waals surface area contributed by atoms with Crippen molar-refractivity contribution in [3.05, 3.63) is 29.8 Å². The Morgan fingerprint density at radius 2 is 1.82 bits per heavy atom. The smallest absolute Gasteiger partial charge is 0.119 e. The van der Waals surface area contributed by atoms with E-state index in [0.717, 1.165) is 5.56 Å². The Hall–Kier alpha value is -0.980. The first-order valence-corrected chi connectivity index (χ1v) is 6.98. The van der Waals surface area contributed by atoms with Gasteiger partial charge in [0.1, 0.15) is 5.75 Å². The Morgan fingerprint density at radius 1 is 1.12 bits per heavy atom. The van der Waals surface area contributed by atoms with Crippen LogP contribution in [0.4, 0.5) is 0 Å². The maximum atomic E-state index is 9.98. The molecule has 1 aromatic rings. The molecule has 17 heavy (non-hydrogen) atoms.